The van der Waals surface area contributed by atoms with Gasteiger partial charge in [0.25, 0.3) is 0 Å². The molecule has 7 nitrogen and oxygen atoms in total. The molecule has 3 aromatic rings. The summed E-state index contributed by atoms with van der Waals surface area (Å²) in [6.07, 6.45) is 1.19. The monoisotopic (exact) mass is 549 g/mol. The highest BCUT2D eigenvalue weighted by Gasteiger charge is 2.22. The Morgan fingerprint density at radius 3 is 2.58 bits per heavy atom. The molecule has 1 aliphatic heterocycles. The highest BCUT2D eigenvalue weighted by atomic mass is 35.5. The third kappa shape index (κ3) is 6.83. The molecule has 0 unspecified atom stereocenters. The molecule has 2 aromatic carbocycles. The first kappa shape index (κ1) is 27.0. The highest BCUT2D eigenvalue weighted by molar-refractivity contribution is 7.91. The number of ether oxygens (including phenoxy) is 1. The van der Waals surface area contributed by atoms with Crippen LogP contribution >= 0.6 is 22.9 Å². The summed E-state index contributed by atoms with van der Waals surface area (Å²) in [5.74, 6) is -0.197. The summed E-state index contributed by atoms with van der Waals surface area (Å²) in [6, 6.07) is 10.3. The number of morpholine rings is 1. The second kappa shape index (κ2) is 12.0. The van der Waals surface area contributed by atoms with Gasteiger partial charge < -0.3 is 4.74 Å². The van der Waals surface area contributed by atoms with E-state index in [0.717, 1.165) is 60.6 Å². The third-order valence-electron chi connectivity index (χ3n) is 6.28. The van der Waals surface area contributed by atoms with Gasteiger partial charge in [0, 0.05) is 37.6 Å². The number of aromatic nitrogens is 1. The maximum Gasteiger partial charge on any atom is 0.228 e. The number of sulfone groups is 1. The van der Waals surface area contributed by atoms with E-state index in [1.54, 1.807) is 17.0 Å². The molecule has 1 aromatic heterocycles. The number of benzene rings is 2. The molecule has 194 valence electrons. The first-order chi connectivity index (χ1) is 17.2. The fraction of sp³-hybridized carbons (Fsp3) is 0.462. The number of anilines is 1. The van der Waals surface area contributed by atoms with Crippen molar-refractivity contribution in [3.63, 3.8) is 0 Å². The van der Waals surface area contributed by atoms with E-state index in [9.17, 15) is 13.2 Å². The van der Waals surface area contributed by atoms with E-state index < -0.39 is 9.84 Å². The van der Waals surface area contributed by atoms with Crippen molar-refractivity contribution >= 4 is 54.0 Å². The van der Waals surface area contributed by atoms with Crippen LogP contribution in [0.2, 0.25) is 5.02 Å². The molecule has 0 N–H and O–H groups in total. The molecule has 0 atom stereocenters. The molecule has 0 bridgehead atoms. The molecule has 4 rings (SSSR count). The zero-order valence-electron chi connectivity index (χ0n) is 20.7. The molecule has 1 fully saturated rings. The minimum Gasteiger partial charge on any atom is -0.379 e. The van der Waals surface area contributed by atoms with Gasteiger partial charge in [0.1, 0.15) is 0 Å². The van der Waals surface area contributed by atoms with Crippen LogP contribution in [0.3, 0.4) is 0 Å². The van der Waals surface area contributed by atoms with Gasteiger partial charge in [0.15, 0.2) is 15.0 Å². The number of carbonyl (C=O) groups excluding carboxylic acids is 1. The van der Waals surface area contributed by atoms with Crippen molar-refractivity contribution in [2.45, 2.75) is 38.0 Å². The quantitative estimate of drug-likeness (QED) is 0.359. The number of thiazole rings is 1. The van der Waals surface area contributed by atoms with Crippen molar-refractivity contribution in [3.8, 4) is 0 Å². The second-order valence-corrected chi connectivity index (χ2v) is 12.7. The van der Waals surface area contributed by atoms with Crippen LogP contribution in [0.5, 0.6) is 0 Å². The van der Waals surface area contributed by atoms with Crippen LogP contribution in [-0.2, 0) is 19.4 Å². The van der Waals surface area contributed by atoms with Crippen LogP contribution in [0.25, 0.3) is 10.2 Å². The van der Waals surface area contributed by atoms with E-state index in [2.05, 4.69) is 17.9 Å². The molecule has 1 saturated heterocycles. The summed E-state index contributed by atoms with van der Waals surface area (Å²) in [5.41, 5.74) is 3.17. The minimum atomic E-state index is -3.49. The number of amides is 1. The first-order valence-electron chi connectivity index (χ1n) is 12.2. The van der Waals surface area contributed by atoms with Crippen molar-refractivity contribution in [2.24, 2.45) is 0 Å². The average Bonchev–Trinajstić information content (AvgIpc) is 3.26. The Labute approximate surface area is 221 Å². The van der Waals surface area contributed by atoms with Crippen molar-refractivity contribution in [3.05, 3.63) is 52.5 Å². The summed E-state index contributed by atoms with van der Waals surface area (Å²) in [7, 11) is -3.49. The maximum absolute atomic E-state index is 13.4. The molecule has 1 amide bonds. The average molecular weight is 550 g/mol. The van der Waals surface area contributed by atoms with Crippen LogP contribution in [0.1, 0.15) is 30.4 Å². The Bertz CT molecular complexity index is 1300. The predicted octanol–water partition coefficient (Wildman–Crippen LogP) is 4.88. The number of aryl methyl sites for hydroxylation is 2. The molecule has 0 radical (unpaired) electrons. The van der Waals surface area contributed by atoms with Gasteiger partial charge in [-0.15, -0.1) is 0 Å². The highest BCUT2D eigenvalue weighted by Crippen LogP contribution is 2.32. The summed E-state index contributed by atoms with van der Waals surface area (Å²) in [4.78, 5) is 22.5. The topological polar surface area (TPSA) is 79.8 Å². The van der Waals surface area contributed by atoms with E-state index in [1.165, 1.54) is 23.5 Å². The molecule has 0 saturated carbocycles. The third-order valence-corrected chi connectivity index (χ3v) is 9.57. The standard InChI is InChI=1S/C26H32ClN3O4S2/c1-19-17-20(2)25-23(18-19)28-26(35-25)30(11-4-10-29-12-14-34-15-13-29)24(31)5-3-16-36(32,33)22-8-6-21(27)7-9-22/h6-9,17-18H,3-5,10-16H2,1-2H3. The minimum absolute atomic E-state index is 0.0971. The number of rotatable bonds is 10. The molecule has 36 heavy (non-hydrogen) atoms. The number of fused-ring (bicyclic) bond motifs is 1. The van der Waals surface area contributed by atoms with Crippen molar-refractivity contribution < 1.29 is 17.9 Å². The van der Waals surface area contributed by atoms with E-state index in [0.29, 0.717) is 16.7 Å². The normalized spacial score (nSPS) is 14.9. The summed E-state index contributed by atoms with van der Waals surface area (Å²) < 4.78 is 31.9. The Balaban J connectivity index is 1.45. The van der Waals surface area contributed by atoms with Crippen LogP contribution in [0.4, 0.5) is 5.13 Å². The Hall–Kier alpha value is -2.04. The molecular formula is C26H32ClN3O4S2. The van der Waals surface area contributed by atoms with Gasteiger partial charge in [0.05, 0.1) is 34.1 Å². The Kier molecular flexibility index (Phi) is 9.00. The van der Waals surface area contributed by atoms with E-state index in [-0.39, 0.29) is 29.4 Å². The summed E-state index contributed by atoms with van der Waals surface area (Å²) in [5, 5.41) is 1.16. The Morgan fingerprint density at radius 1 is 1.14 bits per heavy atom. The van der Waals surface area contributed by atoms with Gasteiger partial charge in [-0.25, -0.2) is 13.4 Å². The van der Waals surface area contributed by atoms with Crippen LogP contribution in [-0.4, -0.2) is 69.4 Å². The van der Waals surface area contributed by atoms with Gasteiger partial charge >= 0.3 is 0 Å². The molecule has 0 spiro atoms. The molecule has 0 aliphatic carbocycles. The molecule has 10 heteroatoms. The molecule has 2 heterocycles. The number of carbonyl (C=O) groups is 1. The van der Waals surface area contributed by atoms with Crippen LogP contribution in [0.15, 0.2) is 41.3 Å². The van der Waals surface area contributed by atoms with E-state index in [4.69, 9.17) is 21.3 Å². The summed E-state index contributed by atoms with van der Waals surface area (Å²) in [6.45, 7) is 8.79. The predicted molar refractivity (Wildman–Crippen MR) is 146 cm³/mol. The molecule has 1 aliphatic rings. The number of halogens is 1. The van der Waals surface area contributed by atoms with Gasteiger partial charge in [0.2, 0.25) is 5.91 Å². The first-order valence-corrected chi connectivity index (χ1v) is 15.0. The maximum atomic E-state index is 13.4. The lowest BCUT2D eigenvalue weighted by Crippen LogP contribution is -2.39. The lowest BCUT2D eigenvalue weighted by molar-refractivity contribution is -0.118. The zero-order valence-corrected chi connectivity index (χ0v) is 23.1. The van der Waals surface area contributed by atoms with Gasteiger partial charge in [-0.1, -0.05) is 29.0 Å². The van der Waals surface area contributed by atoms with Gasteiger partial charge in [-0.05, 0) is 68.1 Å². The van der Waals surface area contributed by atoms with Crippen molar-refractivity contribution in [2.75, 3.05) is 50.0 Å². The molecular weight excluding hydrogens is 518 g/mol. The second-order valence-electron chi connectivity index (χ2n) is 9.16. The largest absolute Gasteiger partial charge is 0.379 e. The smallest absolute Gasteiger partial charge is 0.228 e. The van der Waals surface area contributed by atoms with Crippen LogP contribution < -0.4 is 4.90 Å². The van der Waals surface area contributed by atoms with Crippen molar-refractivity contribution in [1.82, 2.24) is 9.88 Å². The zero-order chi connectivity index (χ0) is 25.7. The van der Waals surface area contributed by atoms with Gasteiger partial charge in [-0.3, -0.25) is 14.6 Å². The van der Waals surface area contributed by atoms with Crippen LogP contribution in [0, 0.1) is 13.8 Å². The SMILES string of the molecule is Cc1cc(C)c2sc(N(CCCN3CCOCC3)C(=O)CCCS(=O)(=O)c3ccc(Cl)cc3)nc2c1. The van der Waals surface area contributed by atoms with E-state index in [1.807, 2.05) is 13.0 Å². The lowest BCUT2D eigenvalue weighted by atomic mass is 10.1. The lowest BCUT2D eigenvalue weighted by Gasteiger charge is -2.27. The number of nitrogens with zero attached hydrogens (tertiary/aromatic N) is 3. The Morgan fingerprint density at radius 2 is 1.86 bits per heavy atom. The van der Waals surface area contributed by atoms with E-state index >= 15 is 0 Å². The fourth-order valence-electron chi connectivity index (χ4n) is 4.39. The van der Waals surface area contributed by atoms with Gasteiger partial charge in [-0.2, -0.15) is 0 Å². The van der Waals surface area contributed by atoms with Crippen molar-refractivity contribution in [1.29, 1.82) is 0 Å². The summed E-state index contributed by atoms with van der Waals surface area (Å²) >= 11 is 7.40. The number of hydrogen-bond acceptors (Lipinski definition) is 7. The number of hydrogen-bond donors (Lipinski definition) is 0. The fourth-order valence-corrected chi connectivity index (χ4v) is 6.89.